The Labute approximate surface area is 214 Å². The van der Waals surface area contributed by atoms with E-state index in [2.05, 4.69) is 10.5 Å². The molecule has 0 aromatic heterocycles. The number of hydrogen-bond donors (Lipinski definition) is 1. The molecule has 3 rings (SSSR count). The van der Waals surface area contributed by atoms with Crippen LogP contribution in [0.15, 0.2) is 53.6 Å². The van der Waals surface area contributed by atoms with E-state index in [1.54, 1.807) is 24.3 Å². The van der Waals surface area contributed by atoms with Crippen LogP contribution in [0.3, 0.4) is 0 Å². The lowest BCUT2D eigenvalue weighted by Gasteiger charge is -2.14. The summed E-state index contributed by atoms with van der Waals surface area (Å²) in [7, 11) is 0. The van der Waals surface area contributed by atoms with Gasteiger partial charge in [-0.15, -0.1) is 0 Å². The van der Waals surface area contributed by atoms with Crippen molar-refractivity contribution in [3.63, 3.8) is 0 Å². The highest BCUT2D eigenvalue weighted by atomic mass is 35.5. The third-order valence-electron chi connectivity index (χ3n) is 4.95. The molecule has 0 bridgehead atoms. The smallest absolute Gasteiger partial charge is 0.244 e. The third-order valence-corrected chi connectivity index (χ3v) is 5.97. The molecular formula is C26H25Cl3N2O3. The average Bonchev–Trinajstić information content (AvgIpc) is 2.78. The van der Waals surface area contributed by atoms with Gasteiger partial charge in [0, 0.05) is 0 Å². The molecule has 0 fully saturated rings. The first-order valence-electron chi connectivity index (χ1n) is 10.7. The van der Waals surface area contributed by atoms with E-state index < -0.39 is 0 Å². The van der Waals surface area contributed by atoms with Crippen LogP contribution in [-0.2, 0) is 17.8 Å². The Kier molecular flexibility index (Phi) is 9.22. The highest BCUT2D eigenvalue weighted by molar-refractivity contribution is 6.42. The Balaban J connectivity index is 1.68. The number of rotatable bonds is 9. The maximum atomic E-state index is 12.3. The van der Waals surface area contributed by atoms with Gasteiger partial charge in [0.25, 0.3) is 0 Å². The quantitative estimate of drug-likeness (QED) is 0.246. The second-order valence-electron chi connectivity index (χ2n) is 7.70. The van der Waals surface area contributed by atoms with Gasteiger partial charge in [0.05, 0.1) is 34.3 Å². The van der Waals surface area contributed by atoms with Crippen molar-refractivity contribution in [3.8, 4) is 11.5 Å². The zero-order chi connectivity index (χ0) is 24.7. The summed E-state index contributed by atoms with van der Waals surface area (Å²) in [6.45, 7) is 6.53. The van der Waals surface area contributed by atoms with Gasteiger partial charge in [0.15, 0.2) is 11.5 Å². The van der Waals surface area contributed by atoms with Crippen molar-refractivity contribution in [1.29, 1.82) is 0 Å². The molecule has 0 heterocycles. The summed E-state index contributed by atoms with van der Waals surface area (Å²) in [5, 5.41) is 5.34. The minimum absolute atomic E-state index is 0.207. The Morgan fingerprint density at radius 3 is 2.47 bits per heavy atom. The summed E-state index contributed by atoms with van der Waals surface area (Å²) < 4.78 is 11.6. The monoisotopic (exact) mass is 518 g/mol. The van der Waals surface area contributed by atoms with E-state index in [9.17, 15) is 4.79 Å². The predicted octanol–water partition coefficient (Wildman–Crippen LogP) is 6.93. The number of hydrazone groups is 1. The normalized spacial score (nSPS) is 11.0. The summed E-state index contributed by atoms with van der Waals surface area (Å²) in [4.78, 5) is 12.3. The van der Waals surface area contributed by atoms with Gasteiger partial charge in [-0.2, -0.15) is 5.10 Å². The number of amides is 1. The van der Waals surface area contributed by atoms with Gasteiger partial charge in [0.2, 0.25) is 5.91 Å². The molecule has 8 heteroatoms. The lowest BCUT2D eigenvalue weighted by atomic mass is 10.0. The zero-order valence-electron chi connectivity index (χ0n) is 19.1. The molecule has 5 nitrogen and oxygen atoms in total. The van der Waals surface area contributed by atoms with E-state index in [0.29, 0.717) is 38.7 Å². The average molecular weight is 520 g/mol. The number of nitrogens with one attached hydrogen (secondary N) is 1. The molecule has 178 valence electrons. The molecule has 0 saturated heterocycles. The molecule has 0 aliphatic carbocycles. The largest absolute Gasteiger partial charge is 0.490 e. The first-order valence-corrected chi connectivity index (χ1v) is 11.8. The fourth-order valence-corrected chi connectivity index (χ4v) is 3.88. The van der Waals surface area contributed by atoms with Gasteiger partial charge in [-0.1, -0.05) is 64.6 Å². The number of halogens is 3. The third kappa shape index (κ3) is 7.13. The molecule has 3 aromatic carbocycles. The van der Waals surface area contributed by atoms with Crippen molar-refractivity contribution in [2.45, 2.75) is 33.8 Å². The first-order chi connectivity index (χ1) is 16.3. The fourth-order valence-electron chi connectivity index (χ4n) is 3.29. The SMILES string of the molecule is CCOc1cc(/C=N\NC(=O)Cc2ccc(C)cc2C)cc(Cl)c1OCc1ccc(Cl)c(Cl)c1. The van der Waals surface area contributed by atoms with Gasteiger partial charge < -0.3 is 9.47 Å². The number of carbonyl (C=O) groups excluding carboxylic acids is 1. The van der Waals surface area contributed by atoms with Gasteiger partial charge >= 0.3 is 0 Å². The molecule has 0 aliphatic heterocycles. The Hall–Kier alpha value is -2.73. The number of benzene rings is 3. The summed E-state index contributed by atoms with van der Waals surface area (Å²) >= 11 is 18.5. The molecular weight excluding hydrogens is 495 g/mol. The van der Waals surface area contributed by atoms with Gasteiger partial charge in [0.1, 0.15) is 6.61 Å². The van der Waals surface area contributed by atoms with E-state index in [1.165, 1.54) is 6.21 Å². The number of ether oxygens (including phenoxy) is 2. The summed E-state index contributed by atoms with van der Waals surface area (Å²) in [6, 6.07) is 14.7. The van der Waals surface area contributed by atoms with E-state index in [4.69, 9.17) is 44.3 Å². The summed E-state index contributed by atoms with van der Waals surface area (Å²) in [5.74, 6) is 0.671. The lowest BCUT2D eigenvalue weighted by molar-refractivity contribution is -0.120. The Bertz CT molecular complexity index is 1210. The number of carbonyl (C=O) groups is 1. The maximum Gasteiger partial charge on any atom is 0.244 e. The van der Waals surface area contributed by atoms with Crippen LogP contribution in [0, 0.1) is 13.8 Å². The topological polar surface area (TPSA) is 59.9 Å². The Morgan fingerprint density at radius 2 is 1.76 bits per heavy atom. The predicted molar refractivity (Wildman–Crippen MR) is 139 cm³/mol. The molecule has 1 amide bonds. The van der Waals surface area contributed by atoms with Crippen LogP contribution in [0.2, 0.25) is 15.1 Å². The zero-order valence-corrected chi connectivity index (χ0v) is 21.4. The summed E-state index contributed by atoms with van der Waals surface area (Å²) in [5.41, 5.74) is 7.24. The number of aryl methyl sites for hydroxylation is 2. The van der Waals surface area contributed by atoms with Crippen LogP contribution in [0.4, 0.5) is 0 Å². The molecule has 3 aromatic rings. The second-order valence-corrected chi connectivity index (χ2v) is 8.92. The van der Waals surface area contributed by atoms with Gasteiger partial charge in [-0.3, -0.25) is 4.79 Å². The fraction of sp³-hybridized carbons (Fsp3) is 0.231. The van der Waals surface area contributed by atoms with Crippen molar-refractivity contribution in [2.75, 3.05) is 6.61 Å². The van der Waals surface area contributed by atoms with Crippen LogP contribution in [0.5, 0.6) is 11.5 Å². The van der Waals surface area contributed by atoms with Crippen LogP contribution in [0.25, 0.3) is 0 Å². The van der Waals surface area contributed by atoms with Crippen LogP contribution in [-0.4, -0.2) is 18.7 Å². The molecule has 0 atom stereocenters. The molecule has 0 saturated carbocycles. The molecule has 1 N–H and O–H groups in total. The number of hydrogen-bond acceptors (Lipinski definition) is 4. The van der Waals surface area contributed by atoms with Crippen LogP contribution >= 0.6 is 34.8 Å². The van der Waals surface area contributed by atoms with E-state index in [1.807, 2.05) is 45.0 Å². The highest BCUT2D eigenvalue weighted by Crippen LogP contribution is 2.37. The molecule has 0 radical (unpaired) electrons. The minimum atomic E-state index is -0.207. The van der Waals surface area contributed by atoms with Crippen LogP contribution in [0.1, 0.15) is 34.7 Å². The van der Waals surface area contributed by atoms with Gasteiger partial charge in [-0.25, -0.2) is 5.43 Å². The lowest BCUT2D eigenvalue weighted by Crippen LogP contribution is -2.20. The first kappa shape index (κ1) is 25.9. The van der Waals surface area contributed by atoms with Crippen molar-refractivity contribution in [1.82, 2.24) is 5.43 Å². The van der Waals surface area contributed by atoms with E-state index >= 15 is 0 Å². The van der Waals surface area contributed by atoms with Crippen molar-refractivity contribution >= 4 is 46.9 Å². The highest BCUT2D eigenvalue weighted by Gasteiger charge is 2.13. The maximum absolute atomic E-state index is 12.3. The molecule has 0 aliphatic rings. The molecule has 34 heavy (non-hydrogen) atoms. The van der Waals surface area contributed by atoms with E-state index in [0.717, 1.165) is 22.3 Å². The van der Waals surface area contributed by atoms with Crippen molar-refractivity contribution in [2.24, 2.45) is 5.10 Å². The Morgan fingerprint density at radius 1 is 0.971 bits per heavy atom. The van der Waals surface area contributed by atoms with Crippen molar-refractivity contribution in [3.05, 3.63) is 91.4 Å². The number of nitrogens with zero attached hydrogens (tertiary/aromatic N) is 1. The van der Waals surface area contributed by atoms with E-state index in [-0.39, 0.29) is 18.9 Å². The minimum Gasteiger partial charge on any atom is -0.490 e. The molecule has 0 spiro atoms. The second kappa shape index (κ2) is 12.1. The standard InChI is InChI=1S/C26H25Cl3N2O3/c1-4-33-24-12-19(14-30-31-25(32)13-20-7-5-16(2)9-17(20)3)11-23(29)26(24)34-15-18-6-8-21(27)22(28)10-18/h5-12,14H,4,13,15H2,1-3H3,(H,31,32)/b30-14-. The molecule has 0 unspecified atom stereocenters. The van der Waals surface area contributed by atoms with Crippen LogP contribution < -0.4 is 14.9 Å². The summed E-state index contributed by atoms with van der Waals surface area (Å²) in [6.07, 6.45) is 1.76. The van der Waals surface area contributed by atoms with Crippen molar-refractivity contribution < 1.29 is 14.3 Å². The van der Waals surface area contributed by atoms with Gasteiger partial charge in [-0.05, 0) is 67.3 Å².